The molecule has 0 aromatic heterocycles. The maximum Gasteiger partial charge on any atom is 4.00 e. The summed E-state index contributed by atoms with van der Waals surface area (Å²) in [4.78, 5) is 15.4. The second kappa shape index (κ2) is 177. The van der Waals surface area contributed by atoms with E-state index >= 15 is 0 Å². The summed E-state index contributed by atoms with van der Waals surface area (Å²) < 4.78 is 0. The summed E-state index contributed by atoms with van der Waals surface area (Å²) in [6, 6.07) is 47.2. The molecule has 147 heavy (non-hydrogen) atoms. The Kier molecular flexibility index (Phi) is 239. The number of benzene rings is 6. The monoisotopic (exact) mass is 3280 g/mol. The van der Waals surface area contributed by atoms with Gasteiger partial charge in [-0.3, -0.25) is 0 Å². The molecule has 0 radical (unpaired) electrons. The van der Waals surface area contributed by atoms with Crippen LogP contribution >= 0.6 is 117 Å². The van der Waals surface area contributed by atoms with E-state index in [1.165, 1.54) is 168 Å². The first-order chi connectivity index (χ1) is 70.0. The summed E-state index contributed by atoms with van der Waals surface area (Å²) >= 11 is 14.7. The van der Waals surface area contributed by atoms with Gasteiger partial charge in [-0.25, -0.2) is 0 Å². The molecule has 0 heterocycles. The molecule has 6 nitrogen and oxygen atoms in total. The molecule has 0 spiro atoms. The number of rotatable bonds is 51. The fraction of sp³-hybridized carbons (Fsp3) is 0.664. The molecule has 0 amide bonds. The number of hydrogen-bond acceptors (Lipinski definition) is 6. The van der Waals surface area contributed by atoms with Gasteiger partial charge in [-0.15, -0.1) is 65.2 Å². The first-order valence-electron chi connectivity index (χ1n) is 58.7. The van der Waals surface area contributed by atoms with Crippen LogP contribution in [0, 0.1) is 51.4 Å². The van der Waals surface area contributed by atoms with Crippen molar-refractivity contribution in [1.82, 2.24) is 0 Å². The fourth-order valence-corrected chi connectivity index (χ4v) is 14.3. The summed E-state index contributed by atoms with van der Waals surface area (Å²) in [7, 11) is 0. The Morgan fingerprint density at radius 1 is 0.224 bits per heavy atom. The number of anilines is 6. The van der Waals surface area contributed by atoms with E-state index in [2.05, 4.69) is 429 Å². The topological polar surface area (TPSA) is 19.4 Å². The fourth-order valence-electron chi connectivity index (χ4n) is 14.3. The summed E-state index contributed by atoms with van der Waals surface area (Å²) in [6.45, 7) is 118. The number of hydrogen-bond donors (Lipinski definition) is 0. The maximum atomic E-state index is 2.68. The Balaban J connectivity index is -0.0000000703. The van der Waals surface area contributed by atoms with Crippen LogP contribution in [-0.2, 0) is 111 Å². The molecule has 898 valence electrons. The van der Waals surface area contributed by atoms with Gasteiger partial charge in [-0.05, 0) is 152 Å². The minimum atomic E-state index is -0.359. The molecule has 0 saturated heterocycles. The van der Waals surface area contributed by atoms with Gasteiger partial charge in [0.1, 0.15) is 0 Å². The predicted molar refractivity (Wildman–Crippen MR) is 747 cm³/mol. The van der Waals surface area contributed by atoms with Crippen molar-refractivity contribution in [3.8, 4) is 0 Å². The molecule has 6 aromatic carbocycles. The average molecular weight is 3280 g/mol. The number of para-hydroxylation sites is 6. The van der Waals surface area contributed by atoms with Gasteiger partial charge >= 0.3 is 150 Å². The Bertz CT molecular complexity index is 2760. The minimum Gasteiger partial charge on any atom is 0 e. The van der Waals surface area contributed by atoms with Crippen LogP contribution < -0.4 is 29.4 Å². The molecule has 16 heteroatoms. The van der Waals surface area contributed by atoms with Crippen LogP contribution in [0.15, 0.2) is 127 Å². The standard InChI is InChI=1S/C31H50N2.2C31H46N2.18C2H6.2CH4.6HI.2Pd.2Pt/c3*1-6-23-32(30-22-15-14-19-27(30)8-3)25-16-12-11-13-17-26-33(24-7-2)31-28(9-4)20-18-21-29(31)10-5;18*1-2;;;;;;;;;;;;/h14-15,18-22H,6-13,16-17,23-26H2,1-5H3;2*6-7,14-22H,8-13,23-26H2,1-5H3;18*1-2H3;2*1H4;6*1H;;;;/q;2*-4;;;;;;;;;;;;;;;;;;;;;;;;;;;;2*+3;+4/p-6. The van der Waals surface area contributed by atoms with E-state index in [1.54, 1.807) is 0 Å². The third-order valence-corrected chi connectivity index (χ3v) is 19.5. The molecule has 0 saturated carbocycles. The van der Waals surface area contributed by atoms with Crippen LogP contribution in [0.1, 0.15) is 502 Å². The molecule has 0 atom stereocenters. The summed E-state index contributed by atoms with van der Waals surface area (Å²) in [6.07, 6.45) is 44.6. The van der Waals surface area contributed by atoms with Crippen LogP contribution in [0.2, 0.25) is 0 Å². The van der Waals surface area contributed by atoms with Gasteiger partial charge in [0.2, 0.25) is 0 Å². The van der Waals surface area contributed by atoms with Crippen molar-refractivity contribution in [3.05, 3.63) is 229 Å². The largest absolute Gasteiger partial charge is 4.00 e. The molecule has 0 unspecified atom stereocenters. The van der Waals surface area contributed by atoms with Crippen LogP contribution in [0.3, 0.4) is 0 Å². The third-order valence-electron chi connectivity index (χ3n) is 19.5. The zero-order chi connectivity index (χ0) is 115. The molecule has 6 aromatic rings. The van der Waals surface area contributed by atoms with Gasteiger partial charge in [0.25, 0.3) is 0 Å². The number of unbranched alkanes of at least 4 members (excludes halogenated alkanes) is 12. The van der Waals surface area contributed by atoms with E-state index in [9.17, 15) is 0 Å². The van der Waals surface area contributed by atoms with Gasteiger partial charge < -0.3 is 80.8 Å². The van der Waals surface area contributed by atoms with Crippen molar-refractivity contribution in [1.29, 1.82) is 0 Å². The van der Waals surface area contributed by atoms with E-state index in [1.807, 2.05) is 249 Å². The maximum absolute atomic E-state index is 2.68. The molecule has 0 fully saturated rings. The summed E-state index contributed by atoms with van der Waals surface area (Å²) in [5, 5.41) is 0. The SMILES string of the molecule is C.C.CC.CC.CC.CC.CC.CC.CC.CC.CC.CC.CC.CC.CC.CC.CC.CC.CC.CC.CCCN(CCCCCCCN(CCC)c1c(CC)cccc1CC)c1ccccc1CC.C[CH-]CN(C[CH-]CCC[CH-]CN(C[CH-]C)c1c(CC)cccc1CC)c1ccccc1CC.C[CH-]CN(C[CH-]CCC[CH-]CN(C[CH-]C)c1c(CC)cccc1CC)c1ccccc1CC.[I][Pd]([I])[I].[I][Pt]([I])[I].[Pd].[Pt+4]. The van der Waals surface area contributed by atoms with E-state index in [4.69, 9.17) is 0 Å². The summed E-state index contributed by atoms with van der Waals surface area (Å²) in [5.41, 5.74) is 22.0. The molecule has 6 rings (SSSR count). The zero-order valence-corrected chi connectivity index (χ0v) is 126. The normalized spacial score (nSPS) is 8.80. The van der Waals surface area contributed by atoms with Crippen molar-refractivity contribution < 1.29 is 53.7 Å². The van der Waals surface area contributed by atoms with E-state index < -0.39 is 0 Å². The molecule has 0 N–H and O–H groups in total. The van der Waals surface area contributed by atoms with Crippen LogP contribution in [-0.4, -0.2) is 78.5 Å². The molecular weight excluding hydrogens is 3020 g/mol. The Hall–Kier alpha value is 1.20. The van der Waals surface area contributed by atoms with E-state index in [0.29, 0.717) is 0 Å². The number of aryl methyl sites for hydroxylation is 9. The number of nitrogens with zero attached hydrogens (tertiary/aromatic N) is 6. The van der Waals surface area contributed by atoms with Gasteiger partial charge in [0.05, 0.1) is 0 Å². The van der Waals surface area contributed by atoms with Crippen LogP contribution in [0.5, 0.6) is 0 Å². The van der Waals surface area contributed by atoms with Crippen molar-refractivity contribution in [2.24, 2.45) is 0 Å². The smallest absolute Gasteiger partial charge is 0 e. The summed E-state index contributed by atoms with van der Waals surface area (Å²) in [5.74, 6) is -0.0733. The molecule has 0 aliphatic heterocycles. The molecular formula is C131H258I6N6Pd2Pt2-4. The van der Waals surface area contributed by atoms with E-state index in [-0.39, 0.29) is 68.5 Å². The van der Waals surface area contributed by atoms with Crippen molar-refractivity contribution in [2.45, 2.75) is 509 Å². The molecule has 0 aliphatic rings. The molecule has 0 aliphatic carbocycles. The minimum absolute atomic E-state index is 0. The predicted octanol–water partition coefficient (Wildman–Crippen LogP) is 48.9. The first kappa shape index (κ1) is 198. The Labute approximate surface area is 1040 Å². The molecule has 0 bridgehead atoms. The Morgan fingerprint density at radius 3 is 0.592 bits per heavy atom. The second-order valence-corrected chi connectivity index (χ2v) is 113. The van der Waals surface area contributed by atoms with Crippen LogP contribution in [0.25, 0.3) is 0 Å². The van der Waals surface area contributed by atoms with E-state index in [0.717, 1.165) is 136 Å². The third kappa shape index (κ3) is 112. The Morgan fingerprint density at radius 2 is 0.388 bits per heavy atom. The van der Waals surface area contributed by atoms with Crippen molar-refractivity contribution in [3.63, 3.8) is 0 Å². The second-order valence-electron chi connectivity index (χ2n) is 27.1. The number of halogens is 6. The van der Waals surface area contributed by atoms with Gasteiger partial charge in [-0.1, -0.05) is 469 Å². The zero-order valence-electron chi connectivity index (χ0n) is 106. The van der Waals surface area contributed by atoms with Crippen LogP contribution in [0.4, 0.5) is 34.1 Å². The first-order valence-corrected chi connectivity index (χ1v) is 91.9. The van der Waals surface area contributed by atoms with Crippen molar-refractivity contribution >= 4 is 151 Å². The average Bonchev–Trinajstić information content (AvgIpc) is 0.829. The van der Waals surface area contributed by atoms with Crippen molar-refractivity contribution in [2.75, 3.05) is 108 Å². The quantitative estimate of drug-likeness (QED) is 0.0163. The van der Waals surface area contributed by atoms with Gasteiger partial charge in [-0.2, -0.15) is 53.4 Å². The van der Waals surface area contributed by atoms with Gasteiger partial charge in [0, 0.05) is 80.7 Å². The van der Waals surface area contributed by atoms with Gasteiger partial charge in [0.15, 0.2) is 0 Å².